The van der Waals surface area contributed by atoms with E-state index >= 15 is 0 Å². The lowest BCUT2D eigenvalue weighted by atomic mass is 10.1. The molecule has 1 aliphatic heterocycles. The number of halogens is 1. The fourth-order valence-electron chi connectivity index (χ4n) is 2.24. The molecule has 0 aromatic rings. The lowest BCUT2D eigenvalue weighted by Crippen LogP contribution is -2.43. The Morgan fingerprint density at radius 2 is 2.07 bits per heavy atom. The van der Waals surface area contributed by atoms with Crippen LogP contribution >= 0.6 is 0 Å². The van der Waals surface area contributed by atoms with Crippen molar-refractivity contribution in [1.29, 1.82) is 0 Å². The van der Waals surface area contributed by atoms with Crippen molar-refractivity contribution in [3.8, 4) is 0 Å². The number of hydrogen-bond donors (Lipinski definition) is 0. The summed E-state index contributed by atoms with van der Waals surface area (Å²) in [6.45, 7) is 3.27. The van der Waals surface area contributed by atoms with Crippen molar-refractivity contribution in [3.63, 3.8) is 0 Å². The molecular formula is C11H18FNO. The molecule has 2 nitrogen and oxygen atoms in total. The predicted molar refractivity (Wildman–Crippen MR) is 53.8 cm³/mol. The van der Waals surface area contributed by atoms with Crippen molar-refractivity contribution < 1.29 is 9.13 Å². The molecule has 1 heterocycles. The molecule has 0 spiro atoms. The Morgan fingerprint density at radius 1 is 1.29 bits per heavy atom. The van der Waals surface area contributed by atoms with Crippen molar-refractivity contribution in [2.75, 3.05) is 26.3 Å². The first-order valence-electron chi connectivity index (χ1n) is 5.55. The van der Waals surface area contributed by atoms with Gasteiger partial charge in [-0.2, -0.15) is 0 Å². The monoisotopic (exact) mass is 199 g/mol. The van der Waals surface area contributed by atoms with Crippen LogP contribution in [-0.4, -0.2) is 37.2 Å². The highest BCUT2D eigenvalue weighted by molar-refractivity contribution is 5.05. The fourth-order valence-corrected chi connectivity index (χ4v) is 2.24. The van der Waals surface area contributed by atoms with Gasteiger partial charge < -0.3 is 4.74 Å². The molecule has 0 N–H and O–H groups in total. The fraction of sp³-hybridized carbons (Fsp3) is 0.818. The molecule has 0 saturated carbocycles. The number of allylic oxidation sites excluding steroid dienone is 1. The summed E-state index contributed by atoms with van der Waals surface area (Å²) in [5, 5.41) is 0. The van der Waals surface area contributed by atoms with Crippen LogP contribution in [0.5, 0.6) is 0 Å². The van der Waals surface area contributed by atoms with Gasteiger partial charge in [0.2, 0.25) is 0 Å². The summed E-state index contributed by atoms with van der Waals surface area (Å²) in [5.41, 5.74) is 0. The molecule has 0 radical (unpaired) electrons. The molecule has 14 heavy (non-hydrogen) atoms. The van der Waals surface area contributed by atoms with E-state index < -0.39 is 0 Å². The van der Waals surface area contributed by atoms with E-state index in [1.165, 1.54) is 0 Å². The Morgan fingerprint density at radius 3 is 2.86 bits per heavy atom. The van der Waals surface area contributed by atoms with E-state index in [9.17, 15) is 4.39 Å². The van der Waals surface area contributed by atoms with Gasteiger partial charge in [0, 0.05) is 13.1 Å². The van der Waals surface area contributed by atoms with Crippen LogP contribution < -0.4 is 0 Å². The third-order valence-corrected chi connectivity index (χ3v) is 3.08. The zero-order chi connectivity index (χ0) is 9.80. The molecule has 1 aliphatic carbocycles. The number of rotatable bonds is 1. The lowest BCUT2D eigenvalue weighted by molar-refractivity contribution is 0.0181. The third-order valence-electron chi connectivity index (χ3n) is 3.08. The van der Waals surface area contributed by atoms with Crippen LogP contribution in [0.2, 0.25) is 0 Å². The molecular weight excluding hydrogens is 181 g/mol. The SMILES string of the molecule is FC1=CCCCCC1N1CCOCC1. The van der Waals surface area contributed by atoms with E-state index in [0.29, 0.717) is 0 Å². The highest BCUT2D eigenvalue weighted by Crippen LogP contribution is 2.24. The standard InChI is InChI=1S/C11H18FNO/c12-10-4-2-1-3-5-11(10)13-6-8-14-9-7-13/h4,11H,1-3,5-9H2. The van der Waals surface area contributed by atoms with Crippen LogP contribution in [0, 0.1) is 0 Å². The molecule has 80 valence electrons. The number of nitrogens with zero attached hydrogens (tertiary/aromatic N) is 1. The second-order valence-electron chi connectivity index (χ2n) is 4.04. The minimum absolute atomic E-state index is 0.0430. The van der Waals surface area contributed by atoms with Crippen molar-refractivity contribution in [2.45, 2.75) is 31.7 Å². The summed E-state index contributed by atoms with van der Waals surface area (Å²) in [7, 11) is 0. The van der Waals surface area contributed by atoms with Gasteiger partial charge in [0.1, 0.15) is 5.83 Å². The first-order chi connectivity index (χ1) is 6.88. The highest BCUT2D eigenvalue weighted by Gasteiger charge is 2.25. The van der Waals surface area contributed by atoms with Crippen LogP contribution in [0.15, 0.2) is 11.9 Å². The van der Waals surface area contributed by atoms with Crippen LogP contribution in [-0.2, 0) is 4.74 Å². The Labute approximate surface area is 84.7 Å². The third kappa shape index (κ3) is 2.34. The molecule has 0 amide bonds. The molecule has 1 saturated heterocycles. The molecule has 1 fully saturated rings. The predicted octanol–water partition coefficient (Wildman–Crippen LogP) is 2.11. The van der Waals surface area contributed by atoms with Gasteiger partial charge in [-0.25, -0.2) is 4.39 Å². The van der Waals surface area contributed by atoms with E-state index in [1.807, 2.05) is 0 Å². The van der Waals surface area contributed by atoms with Gasteiger partial charge in [0.25, 0.3) is 0 Å². The molecule has 1 unspecified atom stereocenters. The van der Waals surface area contributed by atoms with E-state index in [0.717, 1.165) is 52.0 Å². The average Bonchev–Trinajstić information content (AvgIpc) is 2.44. The first-order valence-corrected chi connectivity index (χ1v) is 5.55. The van der Waals surface area contributed by atoms with Gasteiger partial charge in [-0.1, -0.05) is 12.5 Å². The summed E-state index contributed by atoms with van der Waals surface area (Å²) in [5.74, 6) is 0.0874. The summed E-state index contributed by atoms with van der Waals surface area (Å²) in [6, 6.07) is 0.0430. The Kier molecular flexibility index (Phi) is 3.54. The van der Waals surface area contributed by atoms with E-state index in [4.69, 9.17) is 4.74 Å². The number of hydrogen-bond acceptors (Lipinski definition) is 2. The molecule has 0 bridgehead atoms. The smallest absolute Gasteiger partial charge is 0.113 e. The van der Waals surface area contributed by atoms with Crippen molar-refractivity contribution in [2.24, 2.45) is 0 Å². The van der Waals surface area contributed by atoms with Crippen molar-refractivity contribution in [3.05, 3.63) is 11.9 Å². The normalized spacial score (nSPS) is 30.9. The van der Waals surface area contributed by atoms with Gasteiger partial charge >= 0.3 is 0 Å². The number of ether oxygens (including phenoxy) is 1. The summed E-state index contributed by atoms with van der Waals surface area (Å²) >= 11 is 0. The zero-order valence-corrected chi connectivity index (χ0v) is 8.54. The molecule has 3 heteroatoms. The summed E-state index contributed by atoms with van der Waals surface area (Å²) < 4.78 is 18.9. The molecule has 2 rings (SSSR count). The highest BCUT2D eigenvalue weighted by atomic mass is 19.1. The van der Waals surface area contributed by atoms with Crippen molar-refractivity contribution >= 4 is 0 Å². The second-order valence-corrected chi connectivity index (χ2v) is 4.04. The topological polar surface area (TPSA) is 12.5 Å². The maximum atomic E-state index is 13.7. The average molecular weight is 199 g/mol. The van der Waals surface area contributed by atoms with Crippen LogP contribution in [0.4, 0.5) is 4.39 Å². The van der Waals surface area contributed by atoms with E-state index in [1.54, 1.807) is 6.08 Å². The molecule has 0 aromatic heterocycles. The van der Waals surface area contributed by atoms with Crippen LogP contribution in [0.3, 0.4) is 0 Å². The number of morpholine rings is 1. The quantitative estimate of drug-likeness (QED) is 0.641. The first kappa shape index (κ1) is 10.1. The van der Waals surface area contributed by atoms with E-state index in [-0.39, 0.29) is 11.9 Å². The molecule has 2 aliphatic rings. The maximum absolute atomic E-state index is 13.7. The summed E-state index contributed by atoms with van der Waals surface area (Å²) in [4.78, 5) is 2.22. The minimum atomic E-state index is 0.0430. The Bertz CT molecular complexity index is 211. The van der Waals surface area contributed by atoms with Gasteiger partial charge in [-0.15, -0.1) is 0 Å². The van der Waals surface area contributed by atoms with E-state index in [2.05, 4.69) is 4.90 Å². The largest absolute Gasteiger partial charge is 0.379 e. The molecule has 0 aromatic carbocycles. The Hall–Kier alpha value is -0.410. The minimum Gasteiger partial charge on any atom is -0.379 e. The van der Waals surface area contributed by atoms with Gasteiger partial charge in [-0.3, -0.25) is 4.90 Å². The maximum Gasteiger partial charge on any atom is 0.113 e. The van der Waals surface area contributed by atoms with Gasteiger partial charge in [-0.05, 0) is 19.3 Å². The second kappa shape index (κ2) is 4.89. The Balaban J connectivity index is 1.98. The molecule has 1 atom stereocenters. The van der Waals surface area contributed by atoms with Crippen LogP contribution in [0.1, 0.15) is 25.7 Å². The van der Waals surface area contributed by atoms with Gasteiger partial charge in [0.05, 0.1) is 19.3 Å². The van der Waals surface area contributed by atoms with Crippen LogP contribution in [0.25, 0.3) is 0 Å². The van der Waals surface area contributed by atoms with Gasteiger partial charge in [0.15, 0.2) is 0 Å². The summed E-state index contributed by atoms with van der Waals surface area (Å²) in [6.07, 6.45) is 5.93. The lowest BCUT2D eigenvalue weighted by Gasteiger charge is -2.33. The zero-order valence-electron chi connectivity index (χ0n) is 8.54. The van der Waals surface area contributed by atoms with Crippen molar-refractivity contribution in [1.82, 2.24) is 4.90 Å².